The second-order valence-corrected chi connectivity index (χ2v) is 5.94. The van der Waals surface area contributed by atoms with E-state index < -0.39 is 5.97 Å². The summed E-state index contributed by atoms with van der Waals surface area (Å²) in [4.78, 5) is 25.9. The molecule has 0 bridgehead atoms. The minimum Gasteiger partial charge on any atom is -0.464 e. The van der Waals surface area contributed by atoms with E-state index >= 15 is 0 Å². The molecular weight excluding hydrogens is 354 g/mol. The zero-order valence-electron chi connectivity index (χ0n) is 15.2. The van der Waals surface area contributed by atoms with E-state index in [1.54, 1.807) is 37.7 Å². The Bertz CT molecular complexity index is 1090. The zero-order chi connectivity index (χ0) is 19.3. The van der Waals surface area contributed by atoms with Crippen molar-refractivity contribution in [1.82, 2.24) is 15.0 Å². The Morgan fingerprint density at radius 1 is 0.964 bits per heavy atom. The van der Waals surface area contributed by atoms with Crippen molar-refractivity contribution in [3.05, 3.63) is 78.8 Å². The summed E-state index contributed by atoms with van der Waals surface area (Å²) in [7, 11) is 0. The highest BCUT2D eigenvalue weighted by Gasteiger charge is 2.18. The van der Waals surface area contributed by atoms with Crippen LogP contribution >= 0.6 is 0 Å². The van der Waals surface area contributed by atoms with E-state index in [1.807, 2.05) is 42.5 Å². The van der Waals surface area contributed by atoms with Crippen molar-refractivity contribution in [3.63, 3.8) is 0 Å². The van der Waals surface area contributed by atoms with Crippen LogP contribution in [0.25, 0.3) is 34.1 Å². The molecule has 0 aliphatic rings. The van der Waals surface area contributed by atoms with Crippen molar-refractivity contribution in [1.29, 1.82) is 0 Å². The first-order valence-corrected chi connectivity index (χ1v) is 8.86. The van der Waals surface area contributed by atoms with E-state index in [4.69, 9.17) is 14.1 Å². The Hall–Kier alpha value is -3.80. The predicted octanol–water partition coefficient (Wildman–Crippen LogP) is 4.64. The Kier molecular flexibility index (Phi) is 4.93. The number of pyridine rings is 3. The number of furan rings is 1. The van der Waals surface area contributed by atoms with Crippen LogP contribution < -0.4 is 0 Å². The molecule has 4 rings (SSSR count). The van der Waals surface area contributed by atoms with Gasteiger partial charge < -0.3 is 9.15 Å². The van der Waals surface area contributed by atoms with Crippen molar-refractivity contribution in [2.75, 3.05) is 6.61 Å². The lowest BCUT2D eigenvalue weighted by atomic mass is 10.1. The van der Waals surface area contributed by atoms with Crippen LogP contribution in [0.15, 0.2) is 77.7 Å². The number of carbonyl (C=O) groups is 1. The van der Waals surface area contributed by atoms with E-state index in [1.165, 1.54) is 0 Å². The Morgan fingerprint density at radius 3 is 2.57 bits per heavy atom. The quantitative estimate of drug-likeness (QED) is 0.476. The highest BCUT2D eigenvalue weighted by molar-refractivity contribution is 5.96. The molecule has 4 heterocycles. The van der Waals surface area contributed by atoms with Crippen LogP contribution in [0.2, 0.25) is 0 Å². The maximum Gasteiger partial charge on any atom is 0.340 e. The Morgan fingerprint density at radius 2 is 1.82 bits per heavy atom. The smallest absolute Gasteiger partial charge is 0.340 e. The summed E-state index contributed by atoms with van der Waals surface area (Å²) >= 11 is 0. The van der Waals surface area contributed by atoms with Gasteiger partial charge in [0.15, 0.2) is 0 Å². The van der Waals surface area contributed by atoms with Crippen LogP contribution in [-0.2, 0) is 4.74 Å². The summed E-state index contributed by atoms with van der Waals surface area (Å²) in [6, 6.07) is 16.4. The van der Waals surface area contributed by atoms with Gasteiger partial charge in [0.1, 0.15) is 11.5 Å². The number of hydrogen-bond donors (Lipinski definition) is 0. The number of ether oxygens (including phenoxy) is 1. The lowest BCUT2D eigenvalue weighted by molar-refractivity contribution is 0.0527. The lowest BCUT2D eigenvalue weighted by Gasteiger charge is -2.10. The standard InChI is InChI=1S/C22H17N3O3/c1-2-27-22(26)16-7-5-11-24-21(16)19-14-15(20-9-6-12-28-20)13-18(25-19)17-8-3-4-10-23-17/h3-14H,2H2,1H3. The van der Waals surface area contributed by atoms with Crippen molar-refractivity contribution < 1.29 is 13.9 Å². The first-order chi connectivity index (χ1) is 13.8. The Balaban J connectivity index is 1.91. The molecule has 0 N–H and O–H groups in total. The molecule has 0 saturated heterocycles. The fourth-order valence-corrected chi connectivity index (χ4v) is 2.87. The van der Waals surface area contributed by atoms with E-state index in [9.17, 15) is 4.79 Å². The van der Waals surface area contributed by atoms with Crippen LogP contribution in [0.1, 0.15) is 17.3 Å². The highest BCUT2D eigenvalue weighted by atomic mass is 16.5. The van der Waals surface area contributed by atoms with Crippen LogP contribution in [0.3, 0.4) is 0 Å². The second-order valence-electron chi connectivity index (χ2n) is 5.94. The average molecular weight is 371 g/mol. The molecule has 28 heavy (non-hydrogen) atoms. The van der Waals surface area contributed by atoms with Crippen LogP contribution in [0.5, 0.6) is 0 Å². The molecule has 0 aromatic carbocycles. The van der Waals surface area contributed by atoms with Crippen LogP contribution in [0.4, 0.5) is 0 Å². The minimum atomic E-state index is -0.435. The summed E-state index contributed by atoms with van der Waals surface area (Å²) in [6.45, 7) is 2.05. The molecule has 138 valence electrons. The molecule has 0 spiro atoms. The van der Waals surface area contributed by atoms with E-state index in [2.05, 4.69) is 9.97 Å². The maximum atomic E-state index is 12.4. The van der Waals surface area contributed by atoms with Gasteiger partial charge in [-0.05, 0) is 55.5 Å². The average Bonchev–Trinajstić information content (AvgIpc) is 3.29. The minimum absolute atomic E-state index is 0.284. The third-order valence-electron chi connectivity index (χ3n) is 4.10. The van der Waals surface area contributed by atoms with Gasteiger partial charge in [-0.2, -0.15) is 0 Å². The number of rotatable bonds is 5. The summed E-state index contributed by atoms with van der Waals surface area (Å²) in [5.74, 6) is 0.254. The van der Waals surface area contributed by atoms with E-state index in [0.717, 1.165) is 5.56 Å². The molecule has 4 aromatic rings. The second kappa shape index (κ2) is 7.84. The SMILES string of the molecule is CCOC(=O)c1cccnc1-c1cc(-c2ccco2)cc(-c2ccccn2)n1. The molecule has 6 heteroatoms. The fourth-order valence-electron chi connectivity index (χ4n) is 2.87. The fraction of sp³-hybridized carbons (Fsp3) is 0.0909. The van der Waals surface area contributed by atoms with E-state index in [-0.39, 0.29) is 6.61 Å². The molecular formula is C22H17N3O3. The molecule has 0 radical (unpaired) electrons. The van der Waals surface area contributed by atoms with Gasteiger partial charge >= 0.3 is 5.97 Å². The molecule has 0 unspecified atom stereocenters. The summed E-state index contributed by atoms with van der Waals surface area (Å²) < 4.78 is 10.7. The lowest BCUT2D eigenvalue weighted by Crippen LogP contribution is -2.08. The number of hydrogen-bond acceptors (Lipinski definition) is 6. The number of aromatic nitrogens is 3. The third-order valence-corrected chi connectivity index (χ3v) is 4.10. The van der Waals surface area contributed by atoms with Gasteiger partial charge in [-0.3, -0.25) is 9.97 Å². The van der Waals surface area contributed by atoms with Gasteiger partial charge in [-0.25, -0.2) is 9.78 Å². The van der Waals surface area contributed by atoms with Crippen molar-refractivity contribution in [2.24, 2.45) is 0 Å². The first-order valence-electron chi connectivity index (χ1n) is 8.86. The molecule has 0 atom stereocenters. The number of nitrogens with zero attached hydrogens (tertiary/aromatic N) is 3. The van der Waals surface area contributed by atoms with Gasteiger partial charge in [-0.15, -0.1) is 0 Å². The molecule has 6 nitrogen and oxygen atoms in total. The maximum absolute atomic E-state index is 12.4. The van der Waals surface area contributed by atoms with E-state index in [0.29, 0.717) is 34.1 Å². The molecule has 0 amide bonds. The molecule has 0 fully saturated rings. The number of esters is 1. The van der Waals surface area contributed by atoms with Crippen molar-refractivity contribution >= 4 is 5.97 Å². The summed E-state index contributed by atoms with van der Waals surface area (Å²) in [5, 5.41) is 0. The monoisotopic (exact) mass is 371 g/mol. The van der Waals surface area contributed by atoms with Gasteiger partial charge in [0, 0.05) is 18.0 Å². The molecule has 0 aliphatic carbocycles. The van der Waals surface area contributed by atoms with Crippen LogP contribution in [-0.4, -0.2) is 27.5 Å². The van der Waals surface area contributed by atoms with Gasteiger partial charge in [0.05, 0.1) is 35.5 Å². The Labute approximate surface area is 161 Å². The van der Waals surface area contributed by atoms with Crippen molar-refractivity contribution in [2.45, 2.75) is 6.92 Å². The third kappa shape index (κ3) is 3.53. The number of carbonyl (C=O) groups excluding carboxylic acids is 1. The predicted molar refractivity (Wildman–Crippen MR) is 104 cm³/mol. The molecule has 0 saturated carbocycles. The van der Waals surface area contributed by atoms with Gasteiger partial charge in [0.2, 0.25) is 0 Å². The topological polar surface area (TPSA) is 78.1 Å². The normalized spacial score (nSPS) is 10.6. The largest absolute Gasteiger partial charge is 0.464 e. The zero-order valence-corrected chi connectivity index (χ0v) is 15.2. The summed E-state index contributed by atoms with van der Waals surface area (Å²) in [6.07, 6.45) is 4.95. The summed E-state index contributed by atoms with van der Waals surface area (Å²) in [5.41, 5.74) is 3.54. The van der Waals surface area contributed by atoms with Crippen LogP contribution in [0, 0.1) is 0 Å². The van der Waals surface area contributed by atoms with Gasteiger partial charge in [-0.1, -0.05) is 6.07 Å². The van der Waals surface area contributed by atoms with Crippen molar-refractivity contribution in [3.8, 4) is 34.1 Å². The first kappa shape index (κ1) is 17.6. The highest BCUT2D eigenvalue weighted by Crippen LogP contribution is 2.30. The van der Waals surface area contributed by atoms with Gasteiger partial charge in [0.25, 0.3) is 0 Å². The molecule has 0 aliphatic heterocycles. The molecule has 4 aromatic heterocycles.